The molecule has 0 unspecified atom stereocenters. The van der Waals surface area contributed by atoms with Crippen LogP contribution in [0.5, 0.6) is 0 Å². The number of hydrogen-bond donors (Lipinski definition) is 1. The lowest BCUT2D eigenvalue weighted by Crippen LogP contribution is -2.47. The fraction of sp³-hybridized carbons (Fsp3) is 0.276. The Morgan fingerprint density at radius 3 is 2.55 bits per heavy atom. The van der Waals surface area contributed by atoms with Crippen LogP contribution in [0, 0.1) is 5.82 Å². The zero-order valence-corrected chi connectivity index (χ0v) is 24.2. The van der Waals surface area contributed by atoms with Crippen molar-refractivity contribution in [1.29, 1.82) is 0 Å². The lowest BCUT2D eigenvalue weighted by molar-refractivity contribution is 0.0699. The van der Waals surface area contributed by atoms with Gasteiger partial charge in [-0.15, -0.1) is 0 Å². The summed E-state index contributed by atoms with van der Waals surface area (Å²) in [6.07, 6.45) is 0. The number of halogens is 3. The van der Waals surface area contributed by atoms with Crippen molar-refractivity contribution in [2.24, 2.45) is 0 Å². The van der Waals surface area contributed by atoms with Crippen LogP contribution in [-0.4, -0.2) is 76.5 Å². The number of aromatic nitrogens is 2. The van der Waals surface area contributed by atoms with Crippen molar-refractivity contribution in [2.45, 2.75) is 6.54 Å². The van der Waals surface area contributed by atoms with Crippen molar-refractivity contribution in [3.63, 3.8) is 0 Å². The van der Waals surface area contributed by atoms with E-state index in [1.54, 1.807) is 41.3 Å². The molecule has 5 rings (SSSR count). The van der Waals surface area contributed by atoms with Crippen LogP contribution in [0.2, 0.25) is 5.02 Å². The van der Waals surface area contributed by atoms with Gasteiger partial charge in [-0.05, 0) is 55.6 Å². The van der Waals surface area contributed by atoms with Gasteiger partial charge in [-0.2, -0.15) is 0 Å². The third-order valence-electron chi connectivity index (χ3n) is 7.16. The molecule has 0 radical (unpaired) electrons. The highest BCUT2D eigenvalue weighted by atomic mass is 79.9. The number of rotatable bonds is 7. The van der Waals surface area contributed by atoms with Gasteiger partial charge in [0.1, 0.15) is 5.82 Å². The maximum Gasteiger partial charge on any atom is 0.333 e. The molecule has 208 valence electrons. The summed E-state index contributed by atoms with van der Waals surface area (Å²) >= 11 is 9.34. The van der Waals surface area contributed by atoms with Crippen molar-refractivity contribution in [2.75, 3.05) is 46.3 Å². The van der Waals surface area contributed by atoms with E-state index in [0.29, 0.717) is 39.4 Å². The topological polar surface area (TPSA) is 81.7 Å². The third kappa shape index (κ3) is 6.20. The second kappa shape index (κ2) is 12.1. The van der Waals surface area contributed by atoms with Crippen LogP contribution in [0.15, 0.2) is 74.7 Å². The minimum Gasteiger partial charge on any atom is -0.333 e. The lowest BCUT2D eigenvalue weighted by Gasteiger charge is -2.34. The van der Waals surface area contributed by atoms with E-state index < -0.39 is 17.1 Å². The molecule has 2 heterocycles. The Morgan fingerprint density at radius 1 is 1.05 bits per heavy atom. The maximum atomic E-state index is 14.7. The quantitative estimate of drug-likeness (QED) is 0.333. The maximum absolute atomic E-state index is 14.7. The minimum atomic E-state index is -0.645. The molecule has 4 aromatic rings. The molecule has 1 aliphatic heterocycles. The lowest BCUT2D eigenvalue weighted by atomic mass is 10.1. The van der Waals surface area contributed by atoms with Crippen LogP contribution < -0.4 is 11.2 Å². The van der Waals surface area contributed by atoms with Gasteiger partial charge in [0.05, 0.1) is 16.6 Å². The smallest absolute Gasteiger partial charge is 0.333 e. The zero-order chi connectivity index (χ0) is 28.4. The SMILES string of the molecule is CN1CCN(CCN(Cc2ccc(Br)cc2F)C(=O)c2ccc3c(=O)n(-c4cccc(Cl)c4)c(=O)[nH]c3c2)CC1. The van der Waals surface area contributed by atoms with E-state index >= 15 is 0 Å². The number of benzene rings is 3. The average Bonchev–Trinajstić information content (AvgIpc) is 2.92. The molecule has 0 aliphatic carbocycles. The zero-order valence-electron chi connectivity index (χ0n) is 21.9. The number of carbonyl (C=O) groups excluding carboxylic acids is 1. The van der Waals surface area contributed by atoms with Gasteiger partial charge in [-0.3, -0.25) is 14.5 Å². The van der Waals surface area contributed by atoms with Gasteiger partial charge in [0.2, 0.25) is 0 Å². The fourth-order valence-electron chi connectivity index (χ4n) is 4.82. The highest BCUT2D eigenvalue weighted by Gasteiger charge is 2.22. The number of fused-ring (bicyclic) bond motifs is 1. The van der Waals surface area contributed by atoms with Gasteiger partial charge in [-0.1, -0.05) is 39.7 Å². The molecule has 0 saturated carbocycles. The molecule has 0 atom stereocenters. The molecule has 0 bridgehead atoms. The second-order valence-electron chi connectivity index (χ2n) is 9.92. The molecule has 11 heteroatoms. The minimum absolute atomic E-state index is 0.0800. The Kier molecular flexibility index (Phi) is 8.51. The van der Waals surface area contributed by atoms with Crippen LogP contribution in [0.4, 0.5) is 4.39 Å². The Balaban J connectivity index is 1.46. The average molecular weight is 629 g/mol. The molecule has 1 amide bonds. The number of likely N-dealkylation sites (N-methyl/N-ethyl adjacent to an activating group) is 1. The number of amides is 1. The predicted octanol–water partition coefficient (Wildman–Crippen LogP) is 4.12. The first-order valence-corrected chi connectivity index (χ1v) is 14.1. The molecule has 1 saturated heterocycles. The van der Waals surface area contributed by atoms with Crippen LogP contribution in [0.3, 0.4) is 0 Å². The molecule has 3 aromatic carbocycles. The second-order valence-corrected chi connectivity index (χ2v) is 11.3. The third-order valence-corrected chi connectivity index (χ3v) is 7.89. The van der Waals surface area contributed by atoms with Crippen molar-refractivity contribution in [3.05, 3.63) is 108 Å². The Labute approximate surface area is 243 Å². The van der Waals surface area contributed by atoms with Crippen LogP contribution >= 0.6 is 27.5 Å². The van der Waals surface area contributed by atoms with E-state index in [1.165, 1.54) is 24.3 Å². The van der Waals surface area contributed by atoms with Gasteiger partial charge >= 0.3 is 5.69 Å². The molecule has 0 spiro atoms. The molecular weight excluding hydrogens is 601 g/mol. The van der Waals surface area contributed by atoms with Gasteiger partial charge in [-0.25, -0.2) is 13.8 Å². The monoisotopic (exact) mass is 627 g/mol. The molecule has 1 aliphatic rings. The summed E-state index contributed by atoms with van der Waals surface area (Å²) in [6.45, 7) is 4.79. The number of aromatic amines is 1. The summed E-state index contributed by atoms with van der Waals surface area (Å²) in [5.41, 5.74) is 0.102. The first-order chi connectivity index (χ1) is 19.2. The summed E-state index contributed by atoms with van der Waals surface area (Å²) in [7, 11) is 2.08. The highest BCUT2D eigenvalue weighted by molar-refractivity contribution is 9.10. The van der Waals surface area contributed by atoms with Gasteiger partial charge < -0.3 is 14.8 Å². The predicted molar refractivity (Wildman–Crippen MR) is 158 cm³/mol. The standard InChI is InChI=1S/C29H28BrClFN5O3/c1-34-9-11-35(12-10-34)13-14-36(18-20-5-7-21(30)16-25(20)32)27(38)19-6-8-24-26(15-19)33-29(40)37(28(24)39)23-4-2-3-22(31)17-23/h2-8,15-17H,9-14,18H2,1H3,(H,33,40). The highest BCUT2D eigenvalue weighted by Crippen LogP contribution is 2.20. The molecule has 1 N–H and O–H groups in total. The number of hydrogen-bond acceptors (Lipinski definition) is 5. The summed E-state index contributed by atoms with van der Waals surface area (Å²) < 4.78 is 16.4. The van der Waals surface area contributed by atoms with E-state index in [9.17, 15) is 18.8 Å². The van der Waals surface area contributed by atoms with E-state index in [-0.39, 0.29) is 23.4 Å². The summed E-state index contributed by atoms with van der Waals surface area (Å²) in [5, 5.41) is 0.641. The van der Waals surface area contributed by atoms with Crippen molar-refractivity contribution >= 4 is 44.3 Å². The molecule has 8 nitrogen and oxygen atoms in total. The van der Waals surface area contributed by atoms with Crippen molar-refractivity contribution < 1.29 is 9.18 Å². The molecule has 1 fully saturated rings. The first kappa shape index (κ1) is 28.2. The van der Waals surface area contributed by atoms with E-state index in [4.69, 9.17) is 11.6 Å². The summed E-state index contributed by atoms with van der Waals surface area (Å²) in [6, 6.07) is 15.8. The van der Waals surface area contributed by atoms with Crippen LogP contribution in [-0.2, 0) is 6.54 Å². The Morgan fingerprint density at radius 2 is 1.82 bits per heavy atom. The normalized spacial score (nSPS) is 14.5. The van der Waals surface area contributed by atoms with Crippen LogP contribution in [0.1, 0.15) is 15.9 Å². The summed E-state index contributed by atoms with van der Waals surface area (Å²) in [4.78, 5) is 48.8. The van der Waals surface area contributed by atoms with E-state index in [2.05, 4.69) is 37.8 Å². The number of carbonyl (C=O) groups is 1. The number of nitrogens with one attached hydrogen (secondary N) is 1. The van der Waals surface area contributed by atoms with E-state index in [1.807, 2.05) is 0 Å². The number of piperazine rings is 1. The van der Waals surface area contributed by atoms with Crippen LogP contribution in [0.25, 0.3) is 16.6 Å². The summed E-state index contributed by atoms with van der Waals surface area (Å²) in [5.74, 6) is -0.727. The molecular formula is C29H28BrClFN5O3. The Hall–Kier alpha value is -3.31. The van der Waals surface area contributed by atoms with E-state index in [0.717, 1.165) is 30.7 Å². The van der Waals surface area contributed by atoms with Crippen molar-refractivity contribution in [3.8, 4) is 5.69 Å². The number of nitrogens with zero attached hydrogens (tertiary/aromatic N) is 4. The fourth-order valence-corrected chi connectivity index (χ4v) is 5.34. The first-order valence-electron chi connectivity index (χ1n) is 12.9. The van der Waals surface area contributed by atoms with Gasteiger partial charge in [0, 0.05) is 66.4 Å². The van der Waals surface area contributed by atoms with Crippen molar-refractivity contribution in [1.82, 2.24) is 24.3 Å². The Bertz CT molecular complexity index is 1680. The number of H-pyrrole nitrogens is 1. The molecule has 40 heavy (non-hydrogen) atoms. The van der Waals surface area contributed by atoms with Gasteiger partial charge in [0.25, 0.3) is 11.5 Å². The molecule has 1 aromatic heterocycles. The van der Waals surface area contributed by atoms with Gasteiger partial charge in [0.15, 0.2) is 0 Å². The largest absolute Gasteiger partial charge is 0.333 e.